The van der Waals surface area contributed by atoms with E-state index in [0.717, 1.165) is 18.8 Å². The Balaban J connectivity index is 2.85. The fourth-order valence-corrected chi connectivity index (χ4v) is 1.59. The molecule has 0 saturated heterocycles. The predicted octanol–water partition coefficient (Wildman–Crippen LogP) is 1.24. The Kier molecular flexibility index (Phi) is 4.98. The van der Waals surface area contributed by atoms with Crippen LogP contribution in [-0.4, -0.2) is 30.4 Å². The van der Waals surface area contributed by atoms with Crippen molar-refractivity contribution in [3.05, 3.63) is 23.8 Å². The quantitative estimate of drug-likeness (QED) is 0.542. The molecular weight excluding hydrogens is 232 g/mol. The molecule has 0 atom stereocenters. The van der Waals surface area contributed by atoms with E-state index in [1.54, 1.807) is 12.1 Å². The molecule has 1 aromatic rings. The third-order valence-corrected chi connectivity index (χ3v) is 2.52. The minimum atomic E-state index is -0.745. The lowest BCUT2D eigenvalue weighted by Gasteiger charge is -2.21. The van der Waals surface area contributed by atoms with Crippen LogP contribution in [0, 0.1) is 0 Å². The Labute approximate surface area is 106 Å². The first-order chi connectivity index (χ1) is 8.58. The van der Waals surface area contributed by atoms with Gasteiger partial charge < -0.3 is 15.7 Å². The number of primary amides is 1. The highest BCUT2D eigenvalue weighted by Gasteiger charge is 2.05. The maximum Gasteiger partial charge on any atom is 0.332 e. The number of urea groups is 1. The van der Waals surface area contributed by atoms with E-state index >= 15 is 0 Å². The molecule has 0 radical (unpaired) electrons. The van der Waals surface area contributed by atoms with Crippen molar-refractivity contribution in [3.8, 4) is 5.75 Å². The van der Waals surface area contributed by atoms with E-state index in [9.17, 15) is 9.90 Å². The first kappa shape index (κ1) is 13.8. The summed E-state index contributed by atoms with van der Waals surface area (Å²) in [5, 5.41) is 13.4. The van der Waals surface area contributed by atoms with Gasteiger partial charge in [-0.05, 0) is 26.0 Å². The fourth-order valence-electron chi connectivity index (χ4n) is 1.59. The molecule has 0 heterocycles. The molecule has 0 fully saturated rings. The van der Waals surface area contributed by atoms with Crippen molar-refractivity contribution in [2.24, 2.45) is 10.8 Å². The molecule has 2 amide bonds. The van der Waals surface area contributed by atoms with Crippen molar-refractivity contribution in [3.63, 3.8) is 0 Å². The standard InChI is InChI=1S/C12H18N4O2/c1-3-16(4-2)10-6-5-9(11(17)7-10)8-14-15-12(13)18/h5-8,17H,3-4H2,1-2H3,(H3,13,15,18)/b14-8-. The van der Waals surface area contributed by atoms with Gasteiger partial charge in [-0.1, -0.05) is 0 Å². The van der Waals surface area contributed by atoms with Gasteiger partial charge in [-0.25, -0.2) is 10.2 Å². The smallest absolute Gasteiger partial charge is 0.332 e. The molecule has 0 aromatic heterocycles. The number of anilines is 1. The molecule has 0 aliphatic rings. The maximum atomic E-state index is 10.4. The van der Waals surface area contributed by atoms with Crippen LogP contribution in [0.3, 0.4) is 0 Å². The Bertz CT molecular complexity index is 442. The number of carbonyl (C=O) groups excluding carboxylic acids is 1. The van der Waals surface area contributed by atoms with Gasteiger partial charge in [-0.15, -0.1) is 0 Å². The fraction of sp³-hybridized carbons (Fsp3) is 0.333. The van der Waals surface area contributed by atoms with Crippen molar-refractivity contribution in [1.82, 2.24) is 5.43 Å². The van der Waals surface area contributed by atoms with Crippen molar-refractivity contribution >= 4 is 17.9 Å². The normalized spacial score (nSPS) is 10.6. The van der Waals surface area contributed by atoms with Gasteiger partial charge in [-0.3, -0.25) is 0 Å². The number of hydrogen-bond donors (Lipinski definition) is 3. The molecule has 4 N–H and O–H groups in total. The number of hydrazone groups is 1. The van der Waals surface area contributed by atoms with Crippen LogP contribution in [-0.2, 0) is 0 Å². The van der Waals surface area contributed by atoms with E-state index in [1.165, 1.54) is 6.21 Å². The summed E-state index contributed by atoms with van der Waals surface area (Å²) in [6.45, 7) is 5.83. The Hall–Kier alpha value is -2.24. The monoisotopic (exact) mass is 250 g/mol. The van der Waals surface area contributed by atoms with E-state index in [-0.39, 0.29) is 5.75 Å². The second-order valence-electron chi connectivity index (χ2n) is 3.65. The van der Waals surface area contributed by atoms with Crippen LogP contribution >= 0.6 is 0 Å². The molecule has 98 valence electrons. The second-order valence-corrected chi connectivity index (χ2v) is 3.65. The summed E-state index contributed by atoms with van der Waals surface area (Å²) >= 11 is 0. The van der Waals surface area contributed by atoms with Gasteiger partial charge in [0.2, 0.25) is 0 Å². The molecule has 6 heteroatoms. The lowest BCUT2D eigenvalue weighted by atomic mass is 10.2. The highest BCUT2D eigenvalue weighted by atomic mass is 16.3. The van der Waals surface area contributed by atoms with Crippen LogP contribution in [0.5, 0.6) is 5.75 Å². The number of hydrogen-bond acceptors (Lipinski definition) is 4. The zero-order valence-corrected chi connectivity index (χ0v) is 10.6. The first-order valence-electron chi connectivity index (χ1n) is 5.75. The summed E-state index contributed by atoms with van der Waals surface area (Å²) in [6.07, 6.45) is 1.34. The molecule has 0 aliphatic heterocycles. The van der Waals surface area contributed by atoms with Gasteiger partial charge in [0.15, 0.2) is 0 Å². The van der Waals surface area contributed by atoms with E-state index in [1.807, 2.05) is 19.9 Å². The molecule has 1 rings (SSSR count). The summed E-state index contributed by atoms with van der Waals surface area (Å²) < 4.78 is 0. The third kappa shape index (κ3) is 3.65. The molecule has 18 heavy (non-hydrogen) atoms. The Morgan fingerprint density at radius 3 is 2.67 bits per heavy atom. The number of nitrogens with one attached hydrogen (secondary N) is 1. The molecule has 6 nitrogen and oxygen atoms in total. The van der Waals surface area contributed by atoms with Crippen LogP contribution < -0.4 is 16.1 Å². The van der Waals surface area contributed by atoms with Gasteiger partial charge >= 0.3 is 6.03 Å². The highest BCUT2D eigenvalue weighted by Crippen LogP contribution is 2.23. The number of amides is 2. The van der Waals surface area contributed by atoms with E-state index in [4.69, 9.17) is 5.73 Å². The summed E-state index contributed by atoms with van der Waals surface area (Å²) in [5.41, 5.74) is 8.38. The Morgan fingerprint density at radius 1 is 1.50 bits per heavy atom. The second kappa shape index (κ2) is 6.48. The highest BCUT2D eigenvalue weighted by molar-refractivity contribution is 5.85. The van der Waals surface area contributed by atoms with E-state index in [2.05, 4.69) is 15.4 Å². The minimum Gasteiger partial charge on any atom is -0.507 e. The molecule has 0 unspecified atom stereocenters. The average molecular weight is 250 g/mol. The number of benzene rings is 1. The molecular formula is C12H18N4O2. The molecule has 1 aromatic carbocycles. The minimum absolute atomic E-state index is 0.106. The number of carbonyl (C=O) groups is 1. The SMILES string of the molecule is CCN(CC)c1ccc(/C=N\NC(N)=O)c(O)c1. The number of nitrogens with two attached hydrogens (primary N) is 1. The average Bonchev–Trinajstić information content (AvgIpc) is 2.33. The van der Waals surface area contributed by atoms with Crippen LogP contribution in [0.4, 0.5) is 10.5 Å². The van der Waals surface area contributed by atoms with Crippen molar-refractivity contribution in [2.45, 2.75) is 13.8 Å². The largest absolute Gasteiger partial charge is 0.507 e. The van der Waals surface area contributed by atoms with Crippen molar-refractivity contribution in [1.29, 1.82) is 0 Å². The topological polar surface area (TPSA) is 91.0 Å². The van der Waals surface area contributed by atoms with Crippen molar-refractivity contribution < 1.29 is 9.90 Å². The number of nitrogens with zero attached hydrogens (tertiary/aromatic N) is 2. The van der Waals surface area contributed by atoms with Crippen LogP contribution in [0.1, 0.15) is 19.4 Å². The van der Waals surface area contributed by atoms with Gasteiger partial charge in [-0.2, -0.15) is 5.10 Å². The summed E-state index contributed by atoms with van der Waals surface area (Å²) in [6, 6.07) is 4.54. The van der Waals surface area contributed by atoms with Gasteiger partial charge in [0, 0.05) is 30.4 Å². The lowest BCUT2D eigenvalue weighted by molar-refractivity contribution is 0.249. The molecule has 0 bridgehead atoms. The number of aromatic hydroxyl groups is 1. The van der Waals surface area contributed by atoms with E-state index < -0.39 is 6.03 Å². The zero-order chi connectivity index (χ0) is 13.5. The van der Waals surface area contributed by atoms with Gasteiger partial charge in [0.05, 0.1) is 6.21 Å². The van der Waals surface area contributed by atoms with Crippen LogP contribution in [0.2, 0.25) is 0 Å². The zero-order valence-electron chi connectivity index (χ0n) is 10.6. The summed E-state index contributed by atoms with van der Waals surface area (Å²) in [7, 11) is 0. The molecule has 0 aliphatic carbocycles. The molecule has 0 spiro atoms. The maximum absolute atomic E-state index is 10.4. The number of phenols is 1. The van der Waals surface area contributed by atoms with E-state index in [0.29, 0.717) is 5.56 Å². The predicted molar refractivity (Wildman–Crippen MR) is 72.0 cm³/mol. The van der Waals surface area contributed by atoms with Crippen LogP contribution in [0.25, 0.3) is 0 Å². The summed E-state index contributed by atoms with van der Waals surface area (Å²) in [4.78, 5) is 12.5. The number of phenolic OH excluding ortho intramolecular Hbond substituents is 1. The molecule has 0 saturated carbocycles. The lowest BCUT2D eigenvalue weighted by Crippen LogP contribution is -2.24. The summed E-state index contributed by atoms with van der Waals surface area (Å²) in [5.74, 6) is 0.106. The van der Waals surface area contributed by atoms with Gasteiger partial charge in [0.25, 0.3) is 0 Å². The Morgan fingerprint density at radius 2 is 2.17 bits per heavy atom. The first-order valence-corrected chi connectivity index (χ1v) is 5.75. The van der Waals surface area contributed by atoms with Crippen molar-refractivity contribution in [2.75, 3.05) is 18.0 Å². The van der Waals surface area contributed by atoms with Crippen LogP contribution in [0.15, 0.2) is 23.3 Å². The third-order valence-electron chi connectivity index (χ3n) is 2.52. The van der Waals surface area contributed by atoms with Gasteiger partial charge in [0.1, 0.15) is 5.75 Å². The number of rotatable bonds is 5.